The molecule has 0 spiro atoms. The number of rotatable bonds is 5. The first-order chi connectivity index (χ1) is 13.7. The highest BCUT2D eigenvalue weighted by Crippen LogP contribution is 2.13. The molecule has 29 heavy (non-hydrogen) atoms. The van der Waals surface area contributed by atoms with E-state index in [-0.39, 0.29) is 23.1 Å². The van der Waals surface area contributed by atoms with Crippen LogP contribution in [-0.4, -0.2) is 37.1 Å². The molecule has 0 saturated carbocycles. The highest BCUT2D eigenvalue weighted by molar-refractivity contribution is 5.97. The molecule has 3 aromatic rings. The van der Waals surface area contributed by atoms with Gasteiger partial charge in [0.1, 0.15) is 17.4 Å². The SMILES string of the molecule is Cc1cc(C(=O)N[C@H](Cc2ccccc2)C(=O)O)nc2c1c(=O)n(C)c(=O)n2C. The van der Waals surface area contributed by atoms with Crippen LogP contribution in [0.15, 0.2) is 46.0 Å². The molecule has 3 rings (SSSR count). The normalized spacial score (nSPS) is 12.0. The van der Waals surface area contributed by atoms with Crippen molar-refractivity contribution in [3.8, 4) is 0 Å². The maximum Gasteiger partial charge on any atom is 0.332 e. The van der Waals surface area contributed by atoms with Gasteiger partial charge in [-0.1, -0.05) is 30.3 Å². The smallest absolute Gasteiger partial charge is 0.332 e. The number of hydrogen-bond donors (Lipinski definition) is 2. The molecule has 0 saturated heterocycles. The minimum Gasteiger partial charge on any atom is -0.480 e. The predicted molar refractivity (Wildman–Crippen MR) is 106 cm³/mol. The van der Waals surface area contributed by atoms with Crippen molar-refractivity contribution >= 4 is 22.9 Å². The zero-order valence-electron chi connectivity index (χ0n) is 16.2. The van der Waals surface area contributed by atoms with Gasteiger partial charge in [-0.2, -0.15) is 0 Å². The number of hydrogen-bond acceptors (Lipinski definition) is 5. The molecule has 150 valence electrons. The van der Waals surface area contributed by atoms with Crippen LogP contribution in [0.25, 0.3) is 11.0 Å². The topological polar surface area (TPSA) is 123 Å². The monoisotopic (exact) mass is 396 g/mol. The number of carboxylic acid groups (broad SMARTS) is 1. The molecule has 9 nitrogen and oxygen atoms in total. The van der Waals surface area contributed by atoms with Crippen LogP contribution in [0.4, 0.5) is 0 Å². The van der Waals surface area contributed by atoms with Crippen molar-refractivity contribution < 1.29 is 14.7 Å². The van der Waals surface area contributed by atoms with Crippen molar-refractivity contribution in [2.24, 2.45) is 14.1 Å². The summed E-state index contributed by atoms with van der Waals surface area (Å²) in [7, 11) is 2.82. The quantitative estimate of drug-likeness (QED) is 0.642. The Labute approximate surface area is 165 Å². The largest absolute Gasteiger partial charge is 0.480 e. The van der Waals surface area contributed by atoms with E-state index in [0.29, 0.717) is 5.56 Å². The number of nitrogens with one attached hydrogen (secondary N) is 1. The molecule has 9 heteroatoms. The van der Waals surface area contributed by atoms with Gasteiger partial charge in [-0.15, -0.1) is 0 Å². The Morgan fingerprint density at radius 3 is 2.41 bits per heavy atom. The Morgan fingerprint density at radius 1 is 1.14 bits per heavy atom. The molecular formula is C20H20N4O5. The summed E-state index contributed by atoms with van der Waals surface area (Å²) in [5, 5.41) is 12.2. The fourth-order valence-electron chi connectivity index (χ4n) is 3.13. The predicted octanol–water partition coefficient (Wildman–Crippen LogP) is 0.366. The number of nitrogens with zero attached hydrogens (tertiary/aromatic N) is 3. The minimum absolute atomic E-state index is 0.0678. The molecule has 0 fully saturated rings. The van der Waals surface area contributed by atoms with Gasteiger partial charge in [0.2, 0.25) is 0 Å². The lowest BCUT2D eigenvalue weighted by atomic mass is 10.1. The molecule has 2 aromatic heterocycles. The first kappa shape index (κ1) is 20.0. The van der Waals surface area contributed by atoms with Gasteiger partial charge in [0.25, 0.3) is 11.5 Å². The van der Waals surface area contributed by atoms with E-state index in [1.807, 2.05) is 6.07 Å². The third-order valence-corrected chi connectivity index (χ3v) is 4.73. The van der Waals surface area contributed by atoms with E-state index in [1.54, 1.807) is 31.2 Å². The number of aliphatic carboxylic acids is 1. The van der Waals surface area contributed by atoms with E-state index in [2.05, 4.69) is 10.3 Å². The zero-order chi connectivity index (χ0) is 21.3. The van der Waals surface area contributed by atoms with Crippen molar-refractivity contribution in [2.45, 2.75) is 19.4 Å². The summed E-state index contributed by atoms with van der Waals surface area (Å²) in [5.74, 6) is -1.88. The molecule has 2 N–H and O–H groups in total. The number of carboxylic acids is 1. The van der Waals surface area contributed by atoms with E-state index in [0.717, 1.165) is 10.1 Å². The lowest BCUT2D eigenvalue weighted by Crippen LogP contribution is -2.43. The second-order valence-electron chi connectivity index (χ2n) is 6.78. The average Bonchev–Trinajstić information content (AvgIpc) is 2.70. The molecule has 0 aliphatic heterocycles. The molecule has 0 aliphatic rings. The fraction of sp³-hybridized carbons (Fsp3) is 0.250. The molecule has 1 aromatic carbocycles. The van der Waals surface area contributed by atoms with Gasteiger partial charge in [-0.05, 0) is 24.1 Å². The van der Waals surface area contributed by atoms with Gasteiger partial charge in [-0.3, -0.25) is 18.7 Å². The highest BCUT2D eigenvalue weighted by atomic mass is 16.4. The average molecular weight is 396 g/mol. The summed E-state index contributed by atoms with van der Waals surface area (Å²) in [6.07, 6.45) is 0.105. The van der Waals surface area contributed by atoms with Crippen LogP contribution in [0.5, 0.6) is 0 Å². The van der Waals surface area contributed by atoms with Crippen molar-refractivity contribution in [3.63, 3.8) is 0 Å². The Balaban J connectivity index is 1.99. The Hall–Kier alpha value is -3.75. The maximum absolute atomic E-state index is 12.7. The van der Waals surface area contributed by atoms with Gasteiger partial charge >= 0.3 is 11.7 Å². The van der Waals surface area contributed by atoms with Crippen LogP contribution in [0.2, 0.25) is 0 Å². The summed E-state index contributed by atoms with van der Waals surface area (Å²) >= 11 is 0. The third kappa shape index (κ3) is 3.79. The number of aryl methyl sites for hydroxylation is 2. The molecule has 0 unspecified atom stereocenters. The van der Waals surface area contributed by atoms with E-state index in [4.69, 9.17) is 0 Å². The summed E-state index contributed by atoms with van der Waals surface area (Å²) in [6.45, 7) is 1.63. The van der Waals surface area contributed by atoms with Crippen LogP contribution in [-0.2, 0) is 25.3 Å². The number of fused-ring (bicyclic) bond motifs is 1. The molecular weight excluding hydrogens is 376 g/mol. The molecule has 0 aliphatic carbocycles. The first-order valence-electron chi connectivity index (χ1n) is 8.85. The number of pyridine rings is 1. The fourth-order valence-corrected chi connectivity index (χ4v) is 3.13. The lowest BCUT2D eigenvalue weighted by Gasteiger charge is -2.15. The van der Waals surface area contributed by atoms with Gasteiger partial charge in [0.05, 0.1) is 5.39 Å². The lowest BCUT2D eigenvalue weighted by molar-refractivity contribution is -0.139. The maximum atomic E-state index is 12.7. The van der Waals surface area contributed by atoms with Crippen molar-refractivity contribution in [1.82, 2.24) is 19.4 Å². The van der Waals surface area contributed by atoms with Crippen LogP contribution in [0.1, 0.15) is 21.6 Å². The minimum atomic E-state index is -1.18. The number of amides is 1. The Bertz CT molecular complexity index is 1230. The van der Waals surface area contributed by atoms with E-state index >= 15 is 0 Å². The summed E-state index contributed by atoms with van der Waals surface area (Å²) in [6, 6.07) is 9.17. The zero-order valence-corrected chi connectivity index (χ0v) is 16.2. The third-order valence-electron chi connectivity index (χ3n) is 4.73. The summed E-state index contributed by atoms with van der Waals surface area (Å²) in [4.78, 5) is 53.0. The number of carbonyl (C=O) groups is 2. The molecule has 1 atom stereocenters. The van der Waals surface area contributed by atoms with E-state index in [9.17, 15) is 24.3 Å². The van der Waals surface area contributed by atoms with Crippen LogP contribution in [0, 0.1) is 6.92 Å². The number of carbonyl (C=O) groups excluding carboxylic acids is 1. The summed E-state index contributed by atoms with van der Waals surface area (Å²) < 4.78 is 2.15. The molecule has 0 radical (unpaired) electrons. The first-order valence-corrected chi connectivity index (χ1v) is 8.85. The number of aromatic nitrogens is 3. The van der Waals surface area contributed by atoms with Crippen LogP contribution in [0.3, 0.4) is 0 Å². The van der Waals surface area contributed by atoms with Gasteiger partial charge < -0.3 is 10.4 Å². The highest BCUT2D eigenvalue weighted by Gasteiger charge is 2.23. The Morgan fingerprint density at radius 2 is 1.79 bits per heavy atom. The number of benzene rings is 1. The van der Waals surface area contributed by atoms with Gasteiger partial charge in [0.15, 0.2) is 0 Å². The van der Waals surface area contributed by atoms with E-state index in [1.165, 1.54) is 24.7 Å². The summed E-state index contributed by atoms with van der Waals surface area (Å²) in [5.41, 5.74) is 0.141. The van der Waals surface area contributed by atoms with Crippen molar-refractivity contribution in [2.75, 3.05) is 0 Å². The molecule has 2 heterocycles. The van der Waals surface area contributed by atoms with Gasteiger partial charge in [-0.25, -0.2) is 14.6 Å². The standard InChI is InChI=1S/C20H20N4O5/c1-11-9-13(21-16-15(11)18(26)24(3)20(29)23(16)2)17(25)22-14(19(27)28)10-12-7-5-4-6-8-12/h4-9,14H,10H2,1-3H3,(H,22,25)(H,27,28)/t14-/m1/s1. The Kier molecular flexibility index (Phi) is 5.31. The second-order valence-corrected chi connectivity index (χ2v) is 6.78. The van der Waals surface area contributed by atoms with Crippen molar-refractivity contribution in [3.05, 3.63) is 74.1 Å². The van der Waals surface area contributed by atoms with Gasteiger partial charge in [0, 0.05) is 20.5 Å². The van der Waals surface area contributed by atoms with Crippen molar-refractivity contribution in [1.29, 1.82) is 0 Å². The van der Waals surface area contributed by atoms with Crippen LogP contribution < -0.4 is 16.6 Å². The van der Waals surface area contributed by atoms with E-state index < -0.39 is 29.2 Å². The second kappa shape index (κ2) is 7.70. The molecule has 0 bridgehead atoms. The molecule has 1 amide bonds. The van der Waals surface area contributed by atoms with Crippen LogP contribution >= 0.6 is 0 Å².